The fourth-order valence-electron chi connectivity index (χ4n) is 3.60. The van der Waals surface area contributed by atoms with Crippen molar-refractivity contribution in [1.82, 2.24) is 5.43 Å². The molecule has 2 fully saturated rings. The van der Waals surface area contributed by atoms with E-state index < -0.39 is 0 Å². The lowest BCUT2D eigenvalue weighted by molar-refractivity contribution is 0.0952. The van der Waals surface area contributed by atoms with Crippen LogP contribution in [0, 0.1) is 18.8 Å². The van der Waals surface area contributed by atoms with Crippen molar-refractivity contribution in [1.29, 1.82) is 0 Å². The second-order valence-corrected chi connectivity index (χ2v) is 6.06. The smallest absolute Gasteiger partial charge is 0.274 e. The fraction of sp³-hybridized carbons (Fsp3) is 0.625. The summed E-state index contributed by atoms with van der Waals surface area (Å²) >= 11 is 0. The molecular formula is C16H22N2O2. The molecule has 2 aliphatic carbocycles. The van der Waals surface area contributed by atoms with Gasteiger partial charge in [0.25, 0.3) is 5.91 Å². The molecule has 2 saturated carbocycles. The monoisotopic (exact) mass is 274 g/mol. The number of rotatable bonds is 2. The molecule has 0 bridgehead atoms. The van der Waals surface area contributed by atoms with Gasteiger partial charge in [0.1, 0.15) is 5.76 Å². The van der Waals surface area contributed by atoms with Gasteiger partial charge in [-0.15, -0.1) is 0 Å². The lowest BCUT2D eigenvalue weighted by Gasteiger charge is -2.35. The van der Waals surface area contributed by atoms with Gasteiger partial charge in [0, 0.05) is 5.71 Å². The summed E-state index contributed by atoms with van der Waals surface area (Å²) in [5, 5.41) is 4.35. The van der Waals surface area contributed by atoms with Crippen LogP contribution in [0.2, 0.25) is 0 Å². The molecule has 1 heterocycles. The molecule has 108 valence electrons. The topological polar surface area (TPSA) is 54.6 Å². The quantitative estimate of drug-likeness (QED) is 0.837. The molecule has 0 aliphatic heterocycles. The van der Waals surface area contributed by atoms with Crippen molar-refractivity contribution < 1.29 is 9.21 Å². The number of hydrogen-bond acceptors (Lipinski definition) is 3. The van der Waals surface area contributed by atoms with Gasteiger partial charge in [-0.25, -0.2) is 5.43 Å². The van der Waals surface area contributed by atoms with E-state index in [0.717, 1.165) is 30.4 Å². The summed E-state index contributed by atoms with van der Waals surface area (Å²) < 4.78 is 5.14. The first-order valence-electron chi connectivity index (χ1n) is 7.64. The minimum atomic E-state index is -0.172. The summed E-state index contributed by atoms with van der Waals surface area (Å²) in [5.41, 5.74) is 4.41. The summed E-state index contributed by atoms with van der Waals surface area (Å²) in [7, 11) is 0. The molecule has 0 radical (unpaired) electrons. The third-order valence-electron chi connectivity index (χ3n) is 4.79. The predicted molar refractivity (Wildman–Crippen MR) is 77.6 cm³/mol. The lowest BCUT2D eigenvalue weighted by Crippen LogP contribution is -2.29. The van der Waals surface area contributed by atoms with Crippen LogP contribution in [-0.2, 0) is 0 Å². The zero-order valence-electron chi connectivity index (χ0n) is 12.0. The number of hydrogen-bond donors (Lipinski definition) is 1. The third-order valence-corrected chi connectivity index (χ3v) is 4.79. The van der Waals surface area contributed by atoms with Gasteiger partial charge in [-0.1, -0.05) is 19.3 Å². The Kier molecular flexibility index (Phi) is 3.90. The Morgan fingerprint density at radius 3 is 2.85 bits per heavy atom. The minimum Gasteiger partial charge on any atom is -0.469 e. The van der Waals surface area contributed by atoms with Crippen molar-refractivity contribution >= 4 is 11.6 Å². The molecule has 0 aromatic carbocycles. The zero-order chi connectivity index (χ0) is 13.9. The second kappa shape index (κ2) is 5.81. The lowest BCUT2D eigenvalue weighted by atomic mass is 9.70. The first-order valence-corrected chi connectivity index (χ1v) is 7.64. The fourth-order valence-corrected chi connectivity index (χ4v) is 3.60. The number of fused-ring (bicyclic) bond motifs is 1. The molecular weight excluding hydrogens is 252 g/mol. The summed E-state index contributed by atoms with van der Waals surface area (Å²) in [5.74, 6) is 2.16. The Bertz CT molecular complexity index is 518. The molecule has 2 aliphatic rings. The molecule has 1 aromatic rings. The van der Waals surface area contributed by atoms with Crippen LogP contribution in [0.4, 0.5) is 0 Å². The molecule has 4 heteroatoms. The maximum Gasteiger partial charge on any atom is 0.274 e. The average molecular weight is 274 g/mol. The molecule has 4 nitrogen and oxygen atoms in total. The van der Waals surface area contributed by atoms with E-state index in [4.69, 9.17) is 4.42 Å². The van der Waals surface area contributed by atoms with E-state index in [1.807, 2.05) is 0 Å². The van der Waals surface area contributed by atoms with Crippen LogP contribution in [0.25, 0.3) is 0 Å². The second-order valence-electron chi connectivity index (χ2n) is 6.06. The zero-order valence-corrected chi connectivity index (χ0v) is 12.0. The standard InChI is InChI=1S/C16H22N2O2/c1-11-15(8-9-20-11)16(19)18-17-14-7-6-12-4-2-3-5-13(12)10-14/h8-9,12-13H,2-7,10H2,1H3,(H,18,19)/b17-14-/t12-,13+/m0/s1. The SMILES string of the molecule is Cc1occc1C(=O)N/N=C1/CC[C@@H]2CCCC[C@@H]2C1. The normalized spacial score (nSPS) is 28.1. The van der Waals surface area contributed by atoms with Crippen LogP contribution < -0.4 is 5.43 Å². The number of nitrogens with one attached hydrogen (secondary N) is 1. The Balaban J connectivity index is 1.59. The van der Waals surface area contributed by atoms with Crippen molar-refractivity contribution in [3.05, 3.63) is 23.7 Å². The van der Waals surface area contributed by atoms with Gasteiger partial charge in [0.15, 0.2) is 0 Å². The van der Waals surface area contributed by atoms with Crippen LogP contribution in [0.15, 0.2) is 21.8 Å². The summed E-state index contributed by atoms with van der Waals surface area (Å²) in [4.78, 5) is 12.0. The molecule has 0 spiro atoms. The number of hydrazone groups is 1. The largest absolute Gasteiger partial charge is 0.469 e. The van der Waals surface area contributed by atoms with Crippen molar-refractivity contribution in [2.75, 3.05) is 0 Å². The highest BCUT2D eigenvalue weighted by Gasteiger charge is 2.30. The van der Waals surface area contributed by atoms with E-state index in [1.165, 1.54) is 38.4 Å². The van der Waals surface area contributed by atoms with E-state index >= 15 is 0 Å². The predicted octanol–water partition coefficient (Wildman–Crippen LogP) is 3.66. The molecule has 1 amide bonds. The number of furan rings is 1. The third kappa shape index (κ3) is 2.79. The van der Waals surface area contributed by atoms with Gasteiger partial charge in [-0.2, -0.15) is 5.10 Å². The molecule has 3 rings (SSSR count). The highest BCUT2D eigenvalue weighted by atomic mass is 16.3. The van der Waals surface area contributed by atoms with Crippen LogP contribution >= 0.6 is 0 Å². The first-order chi connectivity index (χ1) is 9.74. The van der Waals surface area contributed by atoms with Crippen molar-refractivity contribution in [2.45, 2.75) is 51.9 Å². The van der Waals surface area contributed by atoms with Gasteiger partial charge >= 0.3 is 0 Å². The van der Waals surface area contributed by atoms with E-state index in [2.05, 4.69) is 10.5 Å². The molecule has 1 N–H and O–H groups in total. The summed E-state index contributed by atoms with van der Waals surface area (Å²) in [6, 6.07) is 1.68. The number of amides is 1. The summed E-state index contributed by atoms with van der Waals surface area (Å²) in [6.45, 7) is 1.79. The first kappa shape index (κ1) is 13.4. The van der Waals surface area contributed by atoms with E-state index in [1.54, 1.807) is 13.0 Å². The maximum absolute atomic E-state index is 12.0. The van der Waals surface area contributed by atoms with E-state index in [0.29, 0.717) is 11.3 Å². The van der Waals surface area contributed by atoms with Gasteiger partial charge in [0.05, 0.1) is 11.8 Å². The van der Waals surface area contributed by atoms with Crippen LogP contribution in [0.1, 0.15) is 61.1 Å². The van der Waals surface area contributed by atoms with E-state index in [9.17, 15) is 4.79 Å². The number of carbonyl (C=O) groups excluding carboxylic acids is 1. The Morgan fingerprint density at radius 1 is 1.30 bits per heavy atom. The van der Waals surface area contributed by atoms with Crippen LogP contribution in [-0.4, -0.2) is 11.6 Å². The van der Waals surface area contributed by atoms with Gasteiger partial charge < -0.3 is 4.42 Å². The molecule has 0 saturated heterocycles. The summed E-state index contributed by atoms with van der Waals surface area (Å²) in [6.07, 6.45) is 10.3. The minimum absolute atomic E-state index is 0.172. The van der Waals surface area contributed by atoms with Gasteiger partial charge in [-0.05, 0) is 50.5 Å². The highest BCUT2D eigenvalue weighted by Crippen LogP contribution is 2.39. The Morgan fingerprint density at radius 2 is 2.10 bits per heavy atom. The van der Waals surface area contributed by atoms with Crippen molar-refractivity contribution in [2.24, 2.45) is 16.9 Å². The van der Waals surface area contributed by atoms with Crippen LogP contribution in [0.3, 0.4) is 0 Å². The van der Waals surface area contributed by atoms with Crippen molar-refractivity contribution in [3.8, 4) is 0 Å². The number of carbonyl (C=O) groups is 1. The Hall–Kier alpha value is -1.58. The number of aryl methyl sites for hydroxylation is 1. The molecule has 20 heavy (non-hydrogen) atoms. The van der Waals surface area contributed by atoms with Crippen molar-refractivity contribution in [3.63, 3.8) is 0 Å². The Labute approximate surface area is 119 Å². The number of nitrogens with zero attached hydrogens (tertiary/aromatic N) is 1. The van der Waals surface area contributed by atoms with Gasteiger partial charge in [-0.3, -0.25) is 4.79 Å². The van der Waals surface area contributed by atoms with Crippen LogP contribution in [0.5, 0.6) is 0 Å². The molecule has 2 atom stereocenters. The highest BCUT2D eigenvalue weighted by molar-refractivity contribution is 5.96. The molecule has 1 aromatic heterocycles. The van der Waals surface area contributed by atoms with Gasteiger partial charge in [0.2, 0.25) is 0 Å². The molecule has 0 unspecified atom stereocenters. The van der Waals surface area contributed by atoms with E-state index in [-0.39, 0.29) is 5.91 Å². The maximum atomic E-state index is 12.0. The average Bonchev–Trinajstić information content (AvgIpc) is 2.91.